The van der Waals surface area contributed by atoms with Gasteiger partial charge in [0.25, 0.3) is 0 Å². The second-order valence-electron chi connectivity index (χ2n) is 3.96. The highest BCUT2D eigenvalue weighted by Crippen LogP contribution is 2.14. The molecule has 5 heteroatoms. The molecule has 0 radical (unpaired) electrons. The Labute approximate surface area is 109 Å². The molecule has 0 fully saturated rings. The number of para-hydroxylation sites is 1. The molecule has 1 aromatic heterocycles. The maximum Gasteiger partial charge on any atom is 0.345 e. The van der Waals surface area contributed by atoms with Crippen LogP contribution in [0.1, 0.15) is 25.8 Å². The van der Waals surface area contributed by atoms with Crippen molar-refractivity contribution in [1.29, 1.82) is 0 Å². The van der Waals surface area contributed by atoms with Crippen LogP contribution in [0.15, 0.2) is 44.7 Å². The smallest absolute Gasteiger partial charge is 0.345 e. The molecule has 0 amide bonds. The average Bonchev–Trinajstić information content (AvgIpc) is 2.39. The van der Waals surface area contributed by atoms with E-state index in [0.717, 1.165) is 5.39 Å². The maximum atomic E-state index is 11.9. The van der Waals surface area contributed by atoms with Gasteiger partial charge in [0.1, 0.15) is 5.58 Å². The van der Waals surface area contributed by atoms with Gasteiger partial charge in [-0.3, -0.25) is 0 Å². The van der Waals surface area contributed by atoms with Crippen molar-refractivity contribution < 1.29 is 14.0 Å². The minimum Gasteiger partial charge on any atom is -0.422 e. The summed E-state index contributed by atoms with van der Waals surface area (Å²) < 4.78 is 5.21. The van der Waals surface area contributed by atoms with Crippen LogP contribution in [0, 0.1) is 0 Å². The molecule has 2 aromatic rings. The molecule has 0 aliphatic rings. The molecule has 98 valence electrons. The predicted molar refractivity (Wildman–Crippen MR) is 71.1 cm³/mol. The van der Waals surface area contributed by atoms with Crippen LogP contribution in [-0.4, -0.2) is 11.7 Å². The summed E-state index contributed by atoms with van der Waals surface area (Å²) in [6, 6.07) is 8.88. The molecule has 0 aliphatic heterocycles. The van der Waals surface area contributed by atoms with Crippen molar-refractivity contribution >= 4 is 22.7 Å². The lowest BCUT2D eigenvalue weighted by Gasteiger charge is -2.03. The summed E-state index contributed by atoms with van der Waals surface area (Å²) in [6.07, 6.45) is 0.455. The molecule has 0 aliphatic carbocycles. The zero-order chi connectivity index (χ0) is 13.8. The van der Waals surface area contributed by atoms with E-state index in [1.165, 1.54) is 6.92 Å². The first kappa shape index (κ1) is 13.0. The summed E-state index contributed by atoms with van der Waals surface area (Å²) in [6.45, 7) is 3.07. The summed E-state index contributed by atoms with van der Waals surface area (Å²) in [5, 5.41) is 4.48. The fraction of sp³-hybridized carbons (Fsp3) is 0.214. The number of carbonyl (C=O) groups is 1. The van der Waals surface area contributed by atoms with E-state index in [1.807, 2.05) is 19.1 Å². The van der Waals surface area contributed by atoms with Crippen molar-refractivity contribution in [1.82, 2.24) is 0 Å². The second kappa shape index (κ2) is 5.48. The zero-order valence-electron chi connectivity index (χ0n) is 10.7. The number of fused-ring (bicyclic) bond motifs is 1. The minimum atomic E-state index is -0.531. The fourth-order valence-corrected chi connectivity index (χ4v) is 1.69. The Morgan fingerprint density at radius 1 is 1.37 bits per heavy atom. The normalized spacial score (nSPS) is 11.6. The lowest BCUT2D eigenvalue weighted by atomic mass is 10.1. The minimum absolute atomic E-state index is 0.308. The summed E-state index contributed by atoms with van der Waals surface area (Å²) in [7, 11) is 0. The molecule has 1 aromatic carbocycles. The van der Waals surface area contributed by atoms with Crippen molar-refractivity contribution in [2.45, 2.75) is 20.3 Å². The quantitative estimate of drug-likeness (QED) is 0.367. The van der Waals surface area contributed by atoms with Gasteiger partial charge in [-0.25, -0.2) is 9.59 Å². The average molecular weight is 259 g/mol. The standard InChI is InChI=1S/C14H13NO4/c1-3-12(15-19-9(2)16)11-8-10-6-4-5-7-13(10)18-14(11)17/h4-8H,3H2,1-2H3/b15-12+. The van der Waals surface area contributed by atoms with E-state index in [1.54, 1.807) is 18.2 Å². The predicted octanol–water partition coefficient (Wildman–Crippen LogP) is 2.47. The number of hydrogen-bond donors (Lipinski definition) is 0. The number of hydrogen-bond acceptors (Lipinski definition) is 5. The van der Waals surface area contributed by atoms with Crippen LogP contribution in [0.3, 0.4) is 0 Å². The largest absolute Gasteiger partial charge is 0.422 e. The third-order valence-electron chi connectivity index (χ3n) is 2.57. The van der Waals surface area contributed by atoms with Crippen LogP contribution in [0.5, 0.6) is 0 Å². The van der Waals surface area contributed by atoms with Gasteiger partial charge in [0.15, 0.2) is 0 Å². The van der Waals surface area contributed by atoms with Crippen molar-refractivity contribution in [2.75, 3.05) is 0 Å². The summed E-state index contributed by atoms with van der Waals surface area (Å²) in [4.78, 5) is 27.2. The van der Waals surface area contributed by atoms with Gasteiger partial charge >= 0.3 is 11.6 Å². The van der Waals surface area contributed by atoms with Crippen LogP contribution >= 0.6 is 0 Å². The van der Waals surface area contributed by atoms with Crippen molar-refractivity contribution in [3.63, 3.8) is 0 Å². The number of nitrogens with zero attached hydrogens (tertiary/aromatic N) is 1. The van der Waals surface area contributed by atoms with Crippen LogP contribution < -0.4 is 5.63 Å². The van der Waals surface area contributed by atoms with E-state index in [2.05, 4.69) is 9.99 Å². The van der Waals surface area contributed by atoms with E-state index >= 15 is 0 Å². The first-order chi connectivity index (χ1) is 9.11. The topological polar surface area (TPSA) is 68.9 Å². The Balaban J connectivity index is 2.54. The van der Waals surface area contributed by atoms with Gasteiger partial charge in [-0.05, 0) is 18.6 Å². The first-order valence-corrected chi connectivity index (χ1v) is 5.89. The summed E-state index contributed by atoms with van der Waals surface area (Å²) in [5.74, 6) is -0.531. The van der Waals surface area contributed by atoms with E-state index < -0.39 is 11.6 Å². The molecule has 19 heavy (non-hydrogen) atoms. The van der Waals surface area contributed by atoms with Gasteiger partial charge in [0.05, 0.1) is 11.3 Å². The van der Waals surface area contributed by atoms with Crippen molar-refractivity contribution in [3.8, 4) is 0 Å². The highest BCUT2D eigenvalue weighted by atomic mass is 16.7. The third-order valence-corrected chi connectivity index (χ3v) is 2.57. The molecule has 1 heterocycles. The molecule has 0 bridgehead atoms. The van der Waals surface area contributed by atoms with Crippen molar-refractivity contribution in [3.05, 3.63) is 46.3 Å². The SMILES string of the molecule is CC/C(=N\OC(C)=O)c1cc2ccccc2oc1=O. The molecular formula is C14H13NO4. The van der Waals surface area contributed by atoms with Gasteiger partial charge in [-0.1, -0.05) is 30.3 Å². The number of benzene rings is 1. The molecule has 0 unspecified atom stereocenters. The van der Waals surface area contributed by atoms with E-state index in [0.29, 0.717) is 23.3 Å². The van der Waals surface area contributed by atoms with Gasteiger partial charge in [0.2, 0.25) is 0 Å². The maximum absolute atomic E-state index is 11.9. The highest BCUT2D eigenvalue weighted by molar-refractivity contribution is 6.01. The van der Waals surface area contributed by atoms with Crippen molar-refractivity contribution in [2.24, 2.45) is 5.16 Å². The Hall–Kier alpha value is -2.43. The lowest BCUT2D eigenvalue weighted by molar-refractivity contribution is -0.140. The van der Waals surface area contributed by atoms with E-state index in [-0.39, 0.29) is 0 Å². The molecule has 0 spiro atoms. The Morgan fingerprint density at radius 2 is 2.11 bits per heavy atom. The lowest BCUT2D eigenvalue weighted by Crippen LogP contribution is -2.14. The van der Waals surface area contributed by atoms with Crippen LogP contribution in [0.2, 0.25) is 0 Å². The van der Waals surface area contributed by atoms with Gasteiger partial charge < -0.3 is 9.25 Å². The van der Waals surface area contributed by atoms with Crippen LogP contribution in [0.25, 0.3) is 11.0 Å². The summed E-state index contributed by atoms with van der Waals surface area (Å²) >= 11 is 0. The first-order valence-electron chi connectivity index (χ1n) is 5.89. The molecule has 2 rings (SSSR count). The highest BCUT2D eigenvalue weighted by Gasteiger charge is 2.11. The van der Waals surface area contributed by atoms with Gasteiger partial charge in [-0.15, -0.1) is 0 Å². The Kier molecular flexibility index (Phi) is 3.75. The van der Waals surface area contributed by atoms with Crippen LogP contribution in [-0.2, 0) is 9.63 Å². The second-order valence-corrected chi connectivity index (χ2v) is 3.96. The molecule has 0 atom stereocenters. The summed E-state index contributed by atoms with van der Waals surface area (Å²) in [5.41, 5.74) is 0.711. The van der Waals surface area contributed by atoms with Crippen LogP contribution in [0.4, 0.5) is 0 Å². The van der Waals surface area contributed by atoms with Gasteiger partial charge in [0, 0.05) is 12.3 Å². The Morgan fingerprint density at radius 3 is 2.79 bits per heavy atom. The number of carbonyl (C=O) groups excluding carboxylic acids is 1. The molecule has 0 saturated heterocycles. The van der Waals surface area contributed by atoms with Gasteiger partial charge in [-0.2, -0.15) is 0 Å². The molecular weight excluding hydrogens is 246 g/mol. The molecule has 0 saturated carbocycles. The third kappa shape index (κ3) is 2.88. The number of oxime groups is 1. The molecule has 0 N–H and O–H groups in total. The fourth-order valence-electron chi connectivity index (χ4n) is 1.69. The zero-order valence-corrected chi connectivity index (χ0v) is 10.7. The van der Waals surface area contributed by atoms with E-state index in [4.69, 9.17) is 4.42 Å². The molecule has 5 nitrogen and oxygen atoms in total. The number of rotatable bonds is 3. The van der Waals surface area contributed by atoms with E-state index in [9.17, 15) is 9.59 Å². The Bertz CT molecular complexity index is 700. The monoisotopic (exact) mass is 259 g/mol.